The van der Waals surface area contributed by atoms with Crippen LogP contribution in [0.15, 0.2) is 24.3 Å². The van der Waals surface area contributed by atoms with Gasteiger partial charge in [0, 0.05) is 24.5 Å². The van der Waals surface area contributed by atoms with Crippen LogP contribution in [0.5, 0.6) is 0 Å². The molecule has 0 aromatic rings. The number of ether oxygens (including phenoxy) is 1. The Morgan fingerprint density at radius 3 is 2.50 bits per heavy atom. The Morgan fingerprint density at radius 1 is 1.38 bits per heavy atom. The van der Waals surface area contributed by atoms with Crippen molar-refractivity contribution in [2.24, 2.45) is 11.8 Å². The van der Waals surface area contributed by atoms with Gasteiger partial charge in [0.1, 0.15) is 0 Å². The van der Waals surface area contributed by atoms with Crippen LogP contribution in [0.4, 0.5) is 0 Å². The average Bonchev–Trinajstić information content (AvgIpc) is 2.31. The SMILES string of the molecule is COC(=O)/C=C/C=C/[C@H](C)[C@H](O)[C@@H](C)CO. The van der Waals surface area contributed by atoms with E-state index in [1.807, 2.05) is 6.92 Å². The summed E-state index contributed by atoms with van der Waals surface area (Å²) in [5, 5.41) is 18.6. The minimum Gasteiger partial charge on any atom is -0.466 e. The number of rotatable bonds is 6. The van der Waals surface area contributed by atoms with Crippen LogP contribution in [0, 0.1) is 11.8 Å². The molecule has 0 spiro atoms. The molecular weight excluding hydrogens is 208 g/mol. The zero-order valence-corrected chi connectivity index (χ0v) is 9.96. The van der Waals surface area contributed by atoms with E-state index in [0.717, 1.165) is 0 Å². The molecule has 16 heavy (non-hydrogen) atoms. The van der Waals surface area contributed by atoms with Gasteiger partial charge in [0.2, 0.25) is 0 Å². The van der Waals surface area contributed by atoms with Gasteiger partial charge >= 0.3 is 5.97 Å². The molecule has 0 amide bonds. The maximum Gasteiger partial charge on any atom is 0.330 e. The highest BCUT2D eigenvalue weighted by Crippen LogP contribution is 2.13. The van der Waals surface area contributed by atoms with Crippen molar-refractivity contribution < 1.29 is 19.7 Å². The standard InChI is InChI=1S/C12H20O4/c1-9(12(15)10(2)8-13)6-4-5-7-11(14)16-3/h4-7,9-10,12-13,15H,8H2,1-3H3/b6-4+,7-5+/t9-,10-,12-/m0/s1. The van der Waals surface area contributed by atoms with E-state index in [-0.39, 0.29) is 18.4 Å². The van der Waals surface area contributed by atoms with Gasteiger partial charge in [-0.05, 0) is 0 Å². The largest absolute Gasteiger partial charge is 0.466 e. The Morgan fingerprint density at radius 2 is 2.00 bits per heavy atom. The summed E-state index contributed by atoms with van der Waals surface area (Å²) in [6, 6.07) is 0. The molecule has 2 N–H and O–H groups in total. The zero-order chi connectivity index (χ0) is 12.6. The summed E-state index contributed by atoms with van der Waals surface area (Å²) in [7, 11) is 1.31. The number of carbonyl (C=O) groups is 1. The van der Waals surface area contributed by atoms with Crippen LogP contribution in [0.2, 0.25) is 0 Å². The van der Waals surface area contributed by atoms with Crippen molar-refractivity contribution in [3.05, 3.63) is 24.3 Å². The lowest BCUT2D eigenvalue weighted by Crippen LogP contribution is -2.26. The molecular formula is C12H20O4. The number of methoxy groups -OCH3 is 1. The van der Waals surface area contributed by atoms with Gasteiger partial charge < -0.3 is 14.9 Å². The second-order valence-electron chi connectivity index (χ2n) is 3.78. The number of hydrogen-bond acceptors (Lipinski definition) is 4. The molecule has 0 aliphatic heterocycles. The van der Waals surface area contributed by atoms with Crippen molar-refractivity contribution in [3.8, 4) is 0 Å². The molecule has 4 heteroatoms. The van der Waals surface area contributed by atoms with Crippen molar-refractivity contribution in [2.75, 3.05) is 13.7 Å². The Bertz CT molecular complexity index is 258. The first-order valence-corrected chi connectivity index (χ1v) is 5.24. The third-order valence-corrected chi connectivity index (χ3v) is 2.37. The predicted molar refractivity (Wildman–Crippen MR) is 61.7 cm³/mol. The highest BCUT2D eigenvalue weighted by Gasteiger charge is 2.17. The van der Waals surface area contributed by atoms with E-state index in [1.165, 1.54) is 13.2 Å². The Labute approximate surface area is 96.2 Å². The van der Waals surface area contributed by atoms with Crippen molar-refractivity contribution in [3.63, 3.8) is 0 Å². The maximum absolute atomic E-state index is 10.7. The fraction of sp³-hybridized carbons (Fsp3) is 0.583. The molecule has 0 heterocycles. The molecule has 0 rings (SSSR count). The van der Waals surface area contributed by atoms with Gasteiger partial charge in [-0.25, -0.2) is 4.79 Å². The van der Waals surface area contributed by atoms with Crippen LogP contribution in [-0.4, -0.2) is 36.0 Å². The molecule has 0 saturated heterocycles. The van der Waals surface area contributed by atoms with Gasteiger partial charge in [0.05, 0.1) is 13.2 Å². The number of aliphatic hydroxyl groups excluding tert-OH is 2. The summed E-state index contributed by atoms with van der Waals surface area (Å²) in [6.45, 7) is 3.58. The molecule has 3 atom stereocenters. The van der Waals surface area contributed by atoms with Gasteiger partial charge in [0.15, 0.2) is 0 Å². The lowest BCUT2D eigenvalue weighted by Gasteiger charge is -2.20. The monoisotopic (exact) mass is 228 g/mol. The van der Waals surface area contributed by atoms with Crippen LogP contribution in [0.1, 0.15) is 13.8 Å². The summed E-state index contributed by atoms with van der Waals surface area (Å²) in [6.07, 6.45) is 5.71. The van der Waals surface area contributed by atoms with Crippen LogP contribution >= 0.6 is 0 Å². The van der Waals surface area contributed by atoms with E-state index in [9.17, 15) is 9.90 Å². The molecule has 0 unspecified atom stereocenters. The van der Waals surface area contributed by atoms with Gasteiger partial charge in [-0.15, -0.1) is 0 Å². The van der Waals surface area contributed by atoms with Crippen molar-refractivity contribution in [2.45, 2.75) is 20.0 Å². The van der Waals surface area contributed by atoms with E-state index >= 15 is 0 Å². The van der Waals surface area contributed by atoms with E-state index in [1.54, 1.807) is 25.2 Å². The summed E-state index contributed by atoms with van der Waals surface area (Å²) in [5.74, 6) is -0.657. The summed E-state index contributed by atoms with van der Waals surface area (Å²) in [4.78, 5) is 10.7. The zero-order valence-electron chi connectivity index (χ0n) is 9.96. The number of carbonyl (C=O) groups excluding carboxylic acids is 1. The number of hydrogen-bond donors (Lipinski definition) is 2. The van der Waals surface area contributed by atoms with Crippen LogP contribution in [0.25, 0.3) is 0 Å². The average molecular weight is 228 g/mol. The fourth-order valence-corrected chi connectivity index (χ4v) is 1.18. The molecule has 0 bridgehead atoms. The van der Waals surface area contributed by atoms with E-state index in [4.69, 9.17) is 5.11 Å². The van der Waals surface area contributed by atoms with Gasteiger partial charge in [-0.1, -0.05) is 32.1 Å². The van der Waals surface area contributed by atoms with E-state index in [0.29, 0.717) is 0 Å². The van der Waals surface area contributed by atoms with Gasteiger partial charge in [-0.2, -0.15) is 0 Å². The molecule has 0 aliphatic rings. The quantitative estimate of drug-likeness (QED) is 0.402. The molecule has 0 aromatic heterocycles. The summed E-state index contributed by atoms with van der Waals surface area (Å²) < 4.78 is 4.42. The highest BCUT2D eigenvalue weighted by molar-refractivity contribution is 5.82. The molecule has 0 fully saturated rings. The number of esters is 1. The molecule has 0 aliphatic carbocycles. The van der Waals surface area contributed by atoms with Crippen LogP contribution in [0.3, 0.4) is 0 Å². The summed E-state index contributed by atoms with van der Waals surface area (Å²) in [5.41, 5.74) is 0. The first kappa shape index (κ1) is 14.9. The minimum atomic E-state index is -0.590. The third-order valence-electron chi connectivity index (χ3n) is 2.37. The second kappa shape index (κ2) is 8.07. The van der Waals surface area contributed by atoms with Crippen molar-refractivity contribution in [1.29, 1.82) is 0 Å². The molecule has 0 radical (unpaired) electrons. The minimum absolute atomic E-state index is 0.0443. The van der Waals surface area contributed by atoms with Crippen LogP contribution < -0.4 is 0 Å². The Kier molecular flexibility index (Phi) is 7.50. The molecule has 0 aromatic carbocycles. The third kappa shape index (κ3) is 5.68. The molecule has 4 nitrogen and oxygen atoms in total. The van der Waals surface area contributed by atoms with E-state index in [2.05, 4.69) is 4.74 Å². The first-order chi connectivity index (χ1) is 7.52. The predicted octanol–water partition coefficient (Wildman–Crippen LogP) is 0.897. The maximum atomic E-state index is 10.7. The molecule has 92 valence electrons. The Balaban J connectivity index is 4.13. The fourth-order valence-electron chi connectivity index (χ4n) is 1.18. The molecule has 0 saturated carbocycles. The second-order valence-corrected chi connectivity index (χ2v) is 3.78. The van der Waals surface area contributed by atoms with Gasteiger partial charge in [0.25, 0.3) is 0 Å². The van der Waals surface area contributed by atoms with E-state index < -0.39 is 12.1 Å². The lowest BCUT2D eigenvalue weighted by molar-refractivity contribution is -0.134. The summed E-state index contributed by atoms with van der Waals surface area (Å²) >= 11 is 0. The van der Waals surface area contributed by atoms with Crippen molar-refractivity contribution >= 4 is 5.97 Å². The smallest absolute Gasteiger partial charge is 0.330 e. The van der Waals surface area contributed by atoms with Crippen molar-refractivity contribution in [1.82, 2.24) is 0 Å². The highest BCUT2D eigenvalue weighted by atomic mass is 16.5. The van der Waals surface area contributed by atoms with Crippen LogP contribution in [-0.2, 0) is 9.53 Å². The lowest BCUT2D eigenvalue weighted by atomic mass is 9.94. The topological polar surface area (TPSA) is 66.8 Å². The number of allylic oxidation sites excluding steroid dienone is 2. The Hall–Kier alpha value is -1.13. The first-order valence-electron chi connectivity index (χ1n) is 5.24. The normalized spacial score (nSPS) is 17.6. The van der Waals surface area contributed by atoms with Gasteiger partial charge in [-0.3, -0.25) is 0 Å². The number of aliphatic hydroxyl groups is 2.